The summed E-state index contributed by atoms with van der Waals surface area (Å²) in [4.78, 5) is 81.9. The first kappa shape index (κ1) is 47.5. The zero-order chi connectivity index (χ0) is 52.2. The maximum Gasteiger partial charge on any atom is 2.00 e. The molecule has 0 N–H and O–H groups in total. The van der Waals surface area contributed by atoms with Crippen LogP contribution in [0.4, 0.5) is 0 Å². The Hall–Kier alpha value is -10.5. The molecule has 0 unspecified atom stereocenters. The molecular formula is C64H30Cu2N16. The van der Waals surface area contributed by atoms with Crippen LogP contribution in [0.25, 0.3) is 190 Å². The van der Waals surface area contributed by atoms with Crippen LogP contribution in [0.3, 0.4) is 0 Å². The first-order valence-electron chi connectivity index (χ1n) is 25.8. The van der Waals surface area contributed by atoms with Gasteiger partial charge in [0, 0.05) is 89.7 Å². The Balaban J connectivity index is 0.00000277. The SMILES string of the molecule is [Cu+2].[Cu+2].c1ccc2c(c1)-c1nc-2nc2[n-]c(nc3nc(nc4[n-]c(n1)c1ccccc41)-c1ccc(-c4ccc5c6nc7nc(nc8[n-]c(nc9nc(nc([n-]6)c5c4)-c4ccccc4-9)c4ccccc84)-c4ccccc4-7)cc1-3)c1ccccc21. The molecule has 82 heavy (non-hydrogen) atoms. The van der Waals surface area contributed by atoms with Crippen molar-refractivity contribution in [1.82, 2.24) is 79.7 Å². The molecule has 0 saturated heterocycles. The van der Waals surface area contributed by atoms with Gasteiger partial charge >= 0.3 is 34.1 Å². The van der Waals surface area contributed by atoms with Crippen LogP contribution < -0.4 is 19.9 Å². The van der Waals surface area contributed by atoms with Crippen LogP contribution in [0.2, 0.25) is 0 Å². The van der Waals surface area contributed by atoms with Crippen molar-refractivity contribution in [2.45, 2.75) is 0 Å². The third-order valence-corrected chi connectivity index (χ3v) is 15.2. The summed E-state index contributed by atoms with van der Waals surface area (Å²) in [5.41, 5.74) is 12.2. The van der Waals surface area contributed by atoms with Crippen molar-refractivity contribution in [3.05, 3.63) is 182 Å². The molecule has 14 aromatic rings. The van der Waals surface area contributed by atoms with Gasteiger partial charge in [-0.3, -0.25) is 0 Å². The minimum absolute atomic E-state index is 0. The Labute approximate surface area is 483 Å². The number of benzene rings is 8. The number of hydrogen-bond donors (Lipinski definition) is 0. The fourth-order valence-corrected chi connectivity index (χ4v) is 11.4. The number of nitrogens with zero attached hydrogens (tertiary/aromatic N) is 16. The predicted octanol–water partition coefficient (Wildman–Crippen LogP) is 12.2. The van der Waals surface area contributed by atoms with Crippen LogP contribution in [-0.4, -0.2) is 59.8 Å². The van der Waals surface area contributed by atoms with E-state index < -0.39 is 0 Å². The Bertz CT molecular complexity index is 5480. The van der Waals surface area contributed by atoms with E-state index in [9.17, 15) is 0 Å². The molecule has 0 amide bonds. The molecule has 0 fully saturated rings. The summed E-state index contributed by atoms with van der Waals surface area (Å²) < 4.78 is 0. The Morgan fingerprint density at radius 1 is 0.183 bits per heavy atom. The summed E-state index contributed by atoms with van der Waals surface area (Å²) in [5, 5.41) is 6.57. The molecule has 10 heterocycles. The van der Waals surface area contributed by atoms with E-state index in [-0.39, 0.29) is 34.1 Å². The van der Waals surface area contributed by atoms with Gasteiger partial charge < -0.3 is 59.8 Å². The Morgan fingerprint density at radius 3 is 0.707 bits per heavy atom. The number of fused-ring (bicyclic) bond motifs is 40. The van der Waals surface area contributed by atoms with Crippen molar-refractivity contribution >= 4 is 88.3 Å². The Kier molecular flexibility index (Phi) is 10.4. The van der Waals surface area contributed by atoms with Gasteiger partial charge in [0.25, 0.3) is 0 Å². The summed E-state index contributed by atoms with van der Waals surface area (Å²) in [6, 6.07) is 60.1. The van der Waals surface area contributed by atoms with Crippen molar-refractivity contribution in [3.63, 3.8) is 0 Å². The summed E-state index contributed by atoms with van der Waals surface area (Å²) in [6.45, 7) is 0. The van der Waals surface area contributed by atoms with Crippen LogP contribution >= 0.6 is 0 Å². The number of rotatable bonds is 1. The molecule has 2 radical (unpaired) electrons. The van der Waals surface area contributed by atoms with E-state index >= 15 is 0 Å². The van der Waals surface area contributed by atoms with E-state index in [1.54, 1.807) is 0 Å². The van der Waals surface area contributed by atoms with E-state index in [2.05, 4.69) is 24.3 Å². The topological polar surface area (TPSA) is 211 Å². The van der Waals surface area contributed by atoms with E-state index in [1.165, 1.54) is 0 Å². The van der Waals surface area contributed by atoms with E-state index in [0.29, 0.717) is 91.8 Å². The van der Waals surface area contributed by atoms with Crippen molar-refractivity contribution in [2.24, 2.45) is 0 Å². The van der Waals surface area contributed by atoms with Gasteiger partial charge in [-0.05, 0) is 66.3 Å². The van der Waals surface area contributed by atoms with Gasteiger partial charge in [-0.1, -0.05) is 170 Å². The van der Waals surface area contributed by atoms with E-state index in [1.807, 2.05) is 158 Å². The first-order valence-corrected chi connectivity index (χ1v) is 25.8. The average molecular weight is 1150 g/mol. The maximum absolute atomic E-state index is 5.26. The maximum atomic E-state index is 5.26. The van der Waals surface area contributed by atoms with Crippen LogP contribution in [0.1, 0.15) is 0 Å². The second-order valence-electron chi connectivity index (χ2n) is 19.8. The molecule has 0 saturated carbocycles. The summed E-state index contributed by atoms with van der Waals surface area (Å²) in [5.74, 6) is 3.85. The molecule has 18 rings (SSSR count). The van der Waals surface area contributed by atoms with Crippen LogP contribution in [0.15, 0.2) is 182 Å². The van der Waals surface area contributed by atoms with Crippen LogP contribution in [-0.2, 0) is 34.1 Å². The first-order chi connectivity index (χ1) is 39.6. The molecule has 16 bridgehead atoms. The second kappa shape index (κ2) is 18.0. The van der Waals surface area contributed by atoms with Crippen LogP contribution in [0.5, 0.6) is 0 Å². The third kappa shape index (κ3) is 7.16. The number of hydrogen-bond acceptors (Lipinski definition) is 12. The smallest absolute Gasteiger partial charge is 0.357 e. The Morgan fingerprint density at radius 2 is 0.402 bits per heavy atom. The van der Waals surface area contributed by atoms with Gasteiger partial charge in [0.1, 0.15) is 0 Å². The van der Waals surface area contributed by atoms with Crippen LogP contribution in [0, 0.1) is 0 Å². The predicted molar refractivity (Wildman–Crippen MR) is 307 cm³/mol. The van der Waals surface area contributed by atoms with Gasteiger partial charge in [-0.15, -0.1) is 0 Å². The van der Waals surface area contributed by atoms with Gasteiger partial charge in [0.05, 0.1) is 46.6 Å². The van der Waals surface area contributed by atoms with Gasteiger partial charge in [0.15, 0.2) is 0 Å². The monoisotopic (exact) mass is 1150 g/mol. The summed E-state index contributed by atoms with van der Waals surface area (Å²) in [6.07, 6.45) is 0. The summed E-state index contributed by atoms with van der Waals surface area (Å²) in [7, 11) is 0. The number of aromatic nitrogens is 16. The van der Waals surface area contributed by atoms with Gasteiger partial charge in [-0.2, -0.15) is 0 Å². The summed E-state index contributed by atoms with van der Waals surface area (Å²) >= 11 is 0. The molecule has 0 aliphatic carbocycles. The molecule has 8 aromatic carbocycles. The van der Waals surface area contributed by atoms with Gasteiger partial charge in [0.2, 0.25) is 0 Å². The molecule has 4 aliphatic rings. The molecule has 6 aromatic heterocycles. The molecule has 16 nitrogen and oxygen atoms in total. The molecule has 388 valence electrons. The van der Waals surface area contributed by atoms with E-state index in [0.717, 1.165) is 98.7 Å². The van der Waals surface area contributed by atoms with Gasteiger partial charge in [-0.25, -0.2) is 19.9 Å². The molecule has 4 aliphatic heterocycles. The van der Waals surface area contributed by atoms with Crippen molar-refractivity contribution in [1.29, 1.82) is 0 Å². The van der Waals surface area contributed by atoms with Crippen molar-refractivity contribution in [2.75, 3.05) is 0 Å². The molecule has 0 atom stereocenters. The quantitative estimate of drug-likeness (QED) is 0.140. The largest absolute Gasteiger partial charge is 2.00 e. The normalized spacial score (nSPS) is 12.0. The van der Waals surface area contributed by atoms with E-state index in [4.69, 9.17) is 79.7 Å². The fourth-order valence-electron chi connectivity index (χ4n) is 11.4. The molecule has 18 heteroatoms. The average Bonchev–Trinajstić information content (AvgIpc) is 3.89. The second-order valence-corrected chi connectivity index (χ2v) is 19.8. The standard InChI is InChI=1S/C64H30N16.2Cu/c1-3-15-35-33(13-1)49-65-51(35)69-55-41-21-9-11-23-43(41)59(73-55)77-63-47-29-31(25-27-45(47)61(79-63)75-57-39-19-7-5-17-37(39)53(67-49)71-57)32-26-28-46-48(30-32)64-78-60-44-24-12-10-22-42(44)56(74-60)70-52-36-16-4-2-14-34(36)50(66-52)68-54-38-18-6-8-20-40(38)58(72-54)76-62(46)80-64;;/h1-30H;;/q-4;2*+2. The van der Waals surface area contributed by atoms with Crippen molar-refractivity contribution < 1.29 is 34.1 Å². The fraction of sp³-hybridized carbons (Fsp3) is 0. The third-order valence-electron chi connectivity index (χ3n) is 15.2. The minimum atomic E-state index is 0. The zero-order valence-electron chi connectivity index (χ0n) is 42.1. The molecule has 0 spiro atoms. The molecular weight excluding hydrogens is 1120 g/mol. The zero-order valence-corrected chi connectivity index (χ0v) is 44.0. The van der Waals surface area contributed by atoms with Crippen molar-refractivity contribution in [3.8, 4) is 102 Å². The minimum Gasteiger partial charge on any atom is -0.357 e.